The Labute approximate surface area is 125 Å². The first kappa shape index (κ1) is 15.2. The molecule has 20 heavy (non-hydrogen) atoms. The lowest BCUT2D eigenvalue weighted by Crippen LogP contribution is -2.39. The van der Waals surface area contributed by atoms with E-state index in [9.17, 15) is 0 Å². The zero-order valence-corrected chi connectivity index (χ0v) is 13.8. The third-order valence-electron chi connectivity index (χ3n) is 3.78. The summed E-state index contributed by atoms with van der Waals surface area (Å²) >= 11 is 5.44. The number of aryl methyl sites for hydroxylation is 1. The second-order valence-corrected chi connectivity index (χ2v) is 6.22. The molecule has 0 atom stereocenters. The van der Waals surface area contributed by atoms with Gasteiger partial charge in [0.05, 0.1) is 5.52 Å². The molecule has 0 spiro atoms. The van der Waals surface area contributed by atoms with Crippen molar-refractivity contribution < 1.29 is 0 Å². The fourth-order valence-corrected chi connectivity index (χ4v) is 2.99. The molecule has 1 N–H and O–H groups in total. The highest BCUT2D eigenvalue weighted by Crippen LogP contribution is 2.16. The number of pyridine rings is 1. The van der Waals surface area contributed by atoms with Crippen molar-refractivity contribution in [1.82, 2.24) is 19.4 Å². The van der Waals surface area contributed by atoms with Gasteiger partial charge in [-0.1, -0.05) is 0 Å². The van der Waals surface area contributed by atoms with Crippen molar-refractivity contribution in [3.05, 3.63) is 22.6 Å². The highest BCUT2D eigenvalue weighted by molar-refractivity contribution is 7.71. The van der Waals surface area contributed by atoms with Crippen molar-refractivity contribution in [2.45, 2.75) is 53.2 Å². The molecule has 0 radical (unpaired) electrons. The predicted molar refractivity (Wildman–Crippen MR) is 86.6 cm³/mol. The van der Waals surface area contributed by atoms with E-state index in [1.807, 2.05) is 12.3 Å². The van der Waals surface area contributed by atoms with Gasteiger partial charge in [-0.3, -0.25) is 4.90 Å². The molecule has 0 aromatic carbocycles. The first-order chi connectivity index (χ1) is 9.41. The molecule has 0 aliphatic heterocycles. The van der Waals surface area contributed by atoms with Crippen molar-refractivity contribution in [3.8, 4) is 0 Å². The summed E-state index contributed by atoms with van der Waals surface area (Å²) in [7, 11) is 0. The molecule has 0 saturated carbocycles. The number of H-pyrrole nitrogens is 1. The zero-order valence-electron chi connectivity index (χ0n) is 13.0. The maximum Gasteiger partial charge on any atom is 0.179 e. The van der Waals surface area contributed by atoms with Gasteiger partial charge in [0.25, 0.3) is 0 Å². The van der Waals surface area contributed by atoms with Crippen LogP contribution in [0.1, 0.15) is 33.3 Å². The molecule has 5 heteroatoms. The molecule has 2 aromatic heterocycles. The van der Waals surface area contributed by atoms with Crippen molar-refractivity contribution in [2.75, 3.05) is 6.54 Å². The normalized spacial score (nSPS) is 12.2. The summed E-state index contributed by atoms with van der Waals surface area (Å²) < 4.78 is 2.87. The maximum atomic E-state index is 5.44. The van der Waals surface area contributed by atoms with E-state index in [4.69, 9.17) is 12.2 Å². The lowest BCUT2D eigenvalue weighted by molar-refractivity contribution is 0.168. The molecule has 0 unspecified atom stereocenters. The third-order valence-corrected chi connectivity index (χ3v) is 4.10. The van der Waals surface area contributed by atoms with Crippen molar-refractivity contribution in [1.29, 1.82) is 0 Å². The van der Waals surface area contributed by atoms with E-state index in [0.29, 0.717) is 12.1 Å². The Balaban J connectivity index is 2.28. The number of hydrogen-bond donors (Lipinski definition) is 1. The number of nitrogens with zero attached hydrogens (tertiary/aromatic N) is 3. The number of aromatic amines is 1. The smallest absolute Gasteiger partial charge is 0.179 e. The van der Waals surface area contributed by atoms with Crippen LogP contribution in [0, 0.1) is 11.7 Å². The second kappa shape index (κ2) is 6.06. The van der Waals surface area contributed by atoms with Gasteiger partial charge in [-0.25, -0.2) is 4.98 Å². The van der Waals surface area contributed by atoms with Crippen LogP contribution >= 0.6 is 12.2 Å². The van der Waals surface area contributed by atoms with Gasteiger partial charge in [-0.05, 0) is 58.5 Å². The SMILES string of the molecule is Cc1ccnc2c1[nH]c(=S)n2CCN(C(C)C)C(C)C. The van der Waals surface area contributed by atoms with E-state index in [0.717, 1.165) is 29.0 Å². The van der Waals surface area contributed by atoms with E-state index < -0.39 is 0 Å². The van der Waals surface area contributed by atoms with E-state index >= 15 is 0 Å². The Morgan fingerprint density at radius 2 is 1.95 bits per heavy atom. The van der Waals surface area contributed by atoms with Gasteiger partial charge in [0.15, 0.2) is 10.4 Å². The summed E-state index contributed by atoms with van der Waals surface area (Å²) in [6.07, 6.45) is 1.85. The molecule has 2 aromatic rings. The quantitative estimate of drug-likeness (QED) is 0.857. The molecule has 0 bridgehead atoms. The number of hydrogen-bond acceptors (Lipinski definition) is 3. The summed E-state index contributed by atoms with van der Waals surface area (Å²) in [5.74, 6) is 0. The van der Waals surface area contributed by atoms with E-state index in [1.54, 1.807) is 0 Å². The van der Waals surface area contributed by atoms with Gasteiger partial charge in [0, 0.05) is 31.4 Å². The summed E-state index contributed by atoms with van der Waals surface area (Å²) in [6, 6.07) is 3.07. The molecule has 4 nitrogen and oxygen atoms in total. The highest BCUT2D eigenvalue weighted by Gasteiger charge is 2.14. The Bertz CT molecular complexity index is 631. The minimum Gasteiger partial charge on any atom is -0.329 e. The van der Waals surface area contributed by atoms with Crippen LogP contribution in [0.2, 0.25) is 0 Å². The summed E-state index contributed by atoms with van der Waals surface area (Å²) in [5.41, 5.74) is 3.20. The monoisotopic (exact) mass is 292 g/mol. The van der Waals surface area contributed by atoms with Crippen LogP contribution in [-0.2, 0) is 6.54 Å². The first-order valence-electron chi connectivity index (χ1n) is 7.21. The third kappa shape index (κ3) is 2.94. The second-order valence-electron chi connectivity index (χ2n) is 5.83. The molecule has 0 aliphatic rings. The number of aromatic nitrogens is 3. The average Bonchev–Trinajstić information content (AvgIpc) is 2.67. The van der Waals surface area contributed by atoms with E-state index in [-0.39, 0.29) is 0 Å². The molecule has 0 amide bonds. The van der Waals surface area contributed by atoms with Gasteiger partial charge in [0.1, 0.15) is 0 Å². The molecular weight excluding hydrogens is 268 g/mol. The van der Waals surface area contributed by atoms with Crippen LogP contribution in [0.3, 0.4) is 0 Å². The molecular formula is C15H24N4S. The van der Waals surface area contributed by atoms with Crippen LogP contribution in [0.25, 0.3) is 11.2 Å². The largest absolute Gasteiger partial charge is 0.329 e. The number of nitrogens with one attached hydrogen (secondary N) is 1. The van der Waals surface area contributed by atoms with Crippen molar-refractivity contribution in [3.63, 3.8) is 0 Å². The topological polar surface area (TPSA) is 36.9 Å². The number of imidazole rings is 1. The molecule has 0 aliphatic carbocycles. The Morgan fingerprint density at radius 1 is 1.30 bits per heavy atom. The highest BCUT2D eigenvalue weighted by atomic mass is 32.1. The fourth-order valence-electron chi connectivity index (χ4n) is 2.71. The fraction of sp³-hybridized carbons (Fsp3) is 0.600. The van der Waals surface area contributed by atoms with E-state index in [1.165, 1.54) is 5.56 Å². The van der Waals surface area contributed by atoms with Crippen LogP contribution in [0.15, 0.2) is 12.3 Å². The Hall–Kier alpha value is -1.20. The molecule has 110 valence electrons. The summed E-state index contributed by atoms with van der Waals surface area (Å²) in [5, 5.41) is 0. The zero-order chi connectivity index (χ0) is 14.9. The molecule has 2 heterocycles. The first-order valence-corrected chi connectivity index (χ1v) is 7.62. The molecule has 0 saturated heterocycles. The van der Waals surface area contributed by atoms with Crippen LogP contribution in [0.4, 0.5) is 0 Å². The average molecular weight is 292 g/mol. The van der Waals surface area contributed by atoms with Gasteiger partial charge < -0.3 is 9.55 Å². The van der Waals surface area contributed by atoms with Crippen molar-refractivity contribution >= 4 is 23.4 Å². The van der Waals surface area contributed by atoms with Crippen LogP contribution in [0.5, 0.6) is 0 Å². The lowest BCUT2D eigenvalue weighted by Gasteiger charge is -2.30. The lowest BCUT2D eigenvalue weighted by atomic mass is 10.2. The standard InChI is InChI=1S/C15H24N4S/c1-10(2)18(11(3)4)8-9-19-14-13(17-15(19)20)12(5)6-7-16-14/h6-7,10-11H,8-9H2,1-5H3,(H,17,20). The van der Waals surface area contributed by atoms with Gasteiger partial charge in [-0.2, -0.15) is 0 Å². The molecule has 2 rings (SSSR count). The molecule has 0 fully saturated rings. The van der Waals surface area contributed by atoms with Crippen LogP contribution < -0.4 is 0 Å². The Kier molecular flexibility index (Phi) is 4.60. The van der Waals surface area contributed by atoms with Gasteiger partial charge in [0.2, 0.25) is 0 Å². The summed E-state index contributed by atoms with van der Waals surface area (Å²) in [6.45, 7) is 12.9. The van der Waals surface area contributed by atoms with Crippen LogP contribution in [-0.4, -0.2) is 38.1 Å². The van der Waals surface area contributed by atoms with Crippen molar-refractivity contribution in [2.24, 2.45) is 0 Å². The summed E-state index contributed by atoms with van der Waals surface area (Å²) in [4.78, 5) is 10.2. The maximum absolute atomic E-state index is 5.44. The Morgan fingerprint density at radius 3 is 2.55 bits per heavy atom. The number of rotatable bonds is 5. The predicted octanol–water partition coefficient (Wildman–Crippen LogP) is 3.52. The van der Waals surface area contributed by atoms with Gasteiger partial charge in [-0.15, -0.1) is 0 Å². The van der Waals surface area contributed by atoms with E-state index in [2.05, 4.69) is 54.1 Å². The minimum absolute atomic E-state index is 0.532. The minimum atomic E-state index is 0.532. The van der Waals surface area contributed by atoms with Gasteiger partial charge >= 0.3 is 0 Å². The number of fused-ring (bicyclic) bond motifs is 1.